The number of amides is 1. The Kier molecular flexibility index (Phi) is 4.97. The lowest BCUT2D eigenvalue weighted by atomic mass is 9.99. The number of hydrogen-bond acceptors (Lipinski definition) is 4. The SMILES string of the molecule is O=C(CNC1(CO)CCCC1)NC1CCOCC1. The molecule has 2 fully saturated rings. The van der Waals surface area contributed by atoms with Crippen molar-refractivity contribution < 1.29 is 14.6 Å². The molecule has 1 amide bonds. The predicted octanol–water partition coefficient (Wildman–Crippen LogP) is 0.176. The van der Waals surface area contributed by atoms with Gasteiger partial charge in [-0.15, -0.1) is 0 Å². The van der Waals surface area contributed by atoms with Gasteiger partial charge in [0.25, 0.3) is 0 Å². The lowest BCUT2D eigenvalue weighted by Gasteiger charge is -2.29. The van der Waals surface area contributed by atoms with Crippen LogP contribution in [-0.4, -0.2) is 49.0 Å². The van der Waals surface area contributed by atoms with Gasteiger partial charge in [-0.2, -0.15) is 0 Å². The Labute approximate surface area is 108 Å². The molecule has 5 nitrogen and oxygen atoms in total. The molecule has 104 valence electrons. The van der Waals surface area contributed by atoms with E-state index < -0.39 is 0 Å². The summed E-state index contributed by atoms with van der Waals surface area (Å²) in [5.41, 5.74) is -0.215. The maximum absolute atomic E-state index is 11.8. The fraction of sp³-hybridized carbons (Fsp3) is 0.923. The van der Waals surface area contributed by atoms with E-state index in [1.807, 2.05) is 0 Å². The summed E-state index contributed by atoms with van der Waals surface area (Å²) in [6.45, 7) is 1.90. The molecule has 0 radical (unpaired) electrons. The van der Waals surface area contributed by atoms with Crippen LogP contribution in [0.5, 0.6) is 0 Å². The van der Waals surface area contributed by atoms with Gasteiger partial charge < -0.3 is 20.5 Å². The van der Waals surface area contributed by atoms with Gasteiger partial charge in [0.2, 0.25) is 5.91 Å². The molecule has 0 aromatic heterocycles. The van der Waals surface area contributed by atoms with Crippen LogP contribution in [0.25, 0.3) is 0 Å². The van der Waals surface area contributed by atoms with Crippen LogP contribution in [0.2, 0.25) is 0 Å². The highest BCUT2D eigenvalue weighted by atomic mass is 16.5. The quantitative estimate of drug-likeness (QED) is 0.656. The molecule has 3 N–H and O–H groups in total. The Morgan fingerprint density at radius 1 is 1.28 bits per heavy atom. The van der Waals surface area contributed by atoms with Crippen molar-refractivity contribution in [2.45, 2.75) is 50.1 Å². The molecule has 0 aromatic carbocycles. The summed E-state index contributed by atoms with van der Waals surface area (Å²) in [4.78, 5) is 11.8. The van der Waals surface area contributed by atoms with Crippen LogP contribution in [0.4, 0.5) is 0 Å². The molecule has 2 rings (SSSR count). The second kappa shape index (κ2) is 6.50. The van der Waals surface area contributed by atoms with E-state index in [1.54, 1.807) is 0 Å². The molecular formula is C13H24N2O3. The first-order valence-electron chi connectivity index (χ1n) is 6.97. The number of nitrogens with one attached hydrogen (secondary N) is 2. The minimum atomic E-state index is -0.215. The van der Waals surface area contributed by atoms with Crippen molar-refractivity contribution in [3.8, 4) is 0 Å². The van der Waals surface area contributed by atoms with E-state index in [9.17, 15) is 9.90 Å². The lowest BCUT2D eigenvalue weighted by Crippen LogP contribution is -2.51. The highest BCUT2D eigenvalue weighted by molar-refractivity contribution is 5.78. The third-order valence-corrected chi connectivity index (χ3v) is 4.07. The maximum atomic E-state index is 11.8. The molecule has 2 aliphatic rings. The molecule has 0 atom stereocenters. The molecule has 1 heterocycles. The first-order chi connectivity index (χ1) is 8.74. The molecular weight excluding hydrogens is 232 g/mol. The summed E-state index contributed by atoms with van der Waals surface area (Å²) in [6.07, 6.45) is 6.00. The standard InChI is InChI=1S/C13H24N2O3/c16-10-13(5-1-2-6-13)14-9-12(17)15-11-3-7-18-8-4-11/h11,14,16H,1-10H2,(H,15,17). The van der Waals surface area contributed by atoms with E-state index in [1.165, 1.54) is 0 Å². The third-order valence-electron chi connectivity index (χ3n) is 4.07. The highest BCUT2D eigenvalue weighted by Crippen LogP contribution is 2.28. The van der Waals surface area contributed by atoms with Crippen molar-refractivity contribution in [1.29, 1.82) is 0 Å². The van der Waals surface area contributed by atoms with E-state index >= 15 is 0 Å². The Bertz CT molecular complexity index is 271. The number of carbonyl (C=O) groups is 1. The Morgan fingerprint density at radius 3 is 2.56 bits per heavy atom. The molecule has 0 spiro atoms. The predicted molar refractivity (Wildman–Crippen MR) is 68.3 cm³/mol. The fourth-order valence-electron chi connectivity index (χ4n) is 2.83. The topological polar surface area (TPSA) is 70.6 Å². The monoisotopic (exact) mass is 256 g/mol. The molecule has 1 saturated carbocycles. The van der Waals surface area contributed by atoms with Gasteiger partial charge in [-0.3, -0.25) is 4.79 Å². The summed E-state index contributed by atoms with van der Waals surface area (Å²) in [5, 5.41) is 15.7. The van der Waals surface area contributed by atoms with Crippen molar-refractivity contribution in [3.63, 3.8) is 0 Å². The van der Waals surface area contributed by atoms with E-state index in [0.29, 0.717) is 6.54 Å². The largest absolute Gasteiger partial charge is 0.394 e. The number of aliphatic hydroxyl groups excluding tert-OH is 1. The van der Waals surface area contributed by atoms with Crippen LogP contribution in [0.1, 0.15) is 38.5 Å². The summed E-state index contributed by atoms with van der Waals surface area (Å²) < 4.78 is 5.26. The molecule has 0 bridgehead atoms. The number of carbonyl (C=O) groups excluding carboxylic acids is 1. The molecule has 0 aromatic rings. The molecule has 5 heteroatoms. The van der Waals surface area contributed by atoms with Crippen molar-refractivity contribution in [2.24, 2.45) is 0 Å². The minimum Gasteiger partial charge on any atom is -0.394 e. The molecule has 1 aliphatic carbocycles. The van der Waals surface area contributed by atoms with Crippen LogP contribution in [-0.2, 0) is 9.53 Å². The zero-order valence-electron chi connectivity index (χ0n) is 10.9. The summed E-state index contributed by atoms with van der Waals surface area (Å²) in [6, 6.07) is 0.252. The van der Waals surface area contributed by atoms with Crippen LogP contribution < -0.4 is 10.6 Å². The van der Waals surface area contributed by atoms with Crippen LogP contribution >= 0.6 is 0 Å². The second-order valence-corrected chi connectivity index (χ2v) is 5.45. The van der Waals surface area contributed by atoms with Gasteiger partial charge in [0, 0.05) is 24.8 Å². The molecule has 1 saturated heterocycles. The summed E-state index contributed by atoms with van der Waals surface area (Å²) in [7, 11) is 0. The average Bonchev–Trinajstić information content (AvgIpc) is 2.87. The number of ether oxygens (including phenoxy) is 1. The normalized spacial score (nSPS) is 24.1. The number of hydrogen-bond donors (Lipinski definition) is 3. The lowest BCUT2D eigenvalue weighted by molar-refractivity contribution is -0.122. The van der Waals surface area contributed by atoms with E-state index in [-0.39, 0.29) is 24.1 Å². The Morgan fingerprint density at radius 2 is 1.94 bits per heavy atom. The van der Waals surface area contributed by atoms with Crippen LogP contribution in [0.15, 0.2) is 0 Å². The second-order valence-electron chi connectivity index (χ2n) is 5.45. The van der Waals surface area contributed by atoms with Gasteiger partial charge in [0.05, 0.1) is 13.2 Å². The van der Waals surface area contributed by atoms with Gasteiger partial charge in [-0.25, -0.2) is 0 Å². The average molecular weight is 256 g/mol. The van der Waals surface area contributed by atoms with E-state index in [0.717, 1.165) is 51.7 Å². The zero-order chi connectivity index (χ0) is 12.8. The third kappa shape index (κ3) is 3.67. The number of aliphatic hydroxyl groups is 1. The Hall–Kier alpha value is -0.650. The van der Waals surface area contributed by atoms with Crippen molar-refractivity contribution >= 4 is 5.91 Å². The van der Waals surface area contributed by atoms with Crippen molar-refractivity contribution in [3.05, 3.63) is 0 Å². The zero-order valence-corrected chi connectivity index (χ0v) is 10.9. The van der Waals surface area contributed by atoms with Gasteiger partial charge >= 0.3 is 0 Å². The highest BCUT2D eigenvalue weighted by Gasteiger charge is 2.33. The summed E-state index contributed by atoms with van der Waals surface area (Å²) in [5.74, 6) is 0.0293. The maximum Gasteiger partial charge on any atom is 0.234 e. The minimum absolute atomic E-state index is 0.0293. The number of rotatable bonds is 5. The first kappa shape index (κ1) is 13.8. The molecule has 1 aliphatic heterocycles. The first-order valence-corrected chi connectivity index (χ1v) is 6.97. The van der Waals surface area contributed by atoms with Crippen molar-refractivity contribution in [2.75, 3.05) is 26.4 Å². The molecule has 0 unspecified atom stereocenters. The van der Waals surface area contributed by atoms with E-state index in [2.05, 4.69) is 10.6 Å². The summed E-state index contributed by atoms with van der Waals surface area (Å²) >= 11 is 0. The molecule has 18 heavy (non-hydrogen) atoms. The van der Waals surface area contributed by atoms with Crippen molar-refractivity contribution in [1.82, 2.24) is 10.6 Å². The fourth-order valence-corrected chi connectivity index (χ4v) is 2.83. The van der Waals surface area contributed by atoms with Crippen LogP contribution in [0.3, 0.4) is 0 Å². The Balaban J connectivity index is 1.70. The van der Waals surface area contributed by atoms with Gasteiger partial charge in [0.15, 0.2) is 0 Å². The van der Waals surface area contributed by atoms with Gasteiger partial charge in [-0.1, -0.05) is 12.8 Å². The van der Waals surface area contributed by atoms with E-state index in [4.69, 9.17) is 4.74 Å². The van der Waals surface area contributed by atoms with Crippen LogP contribution in [0, 0.1) is 0 Å². The van der Waals surface area contributed by atoms with Gasteiger partial charge in [-0.05, 0) is 25.7 Å². The smallest absolute Gasteiger partial charge is 0.234 e. The van der Waals surface area contributed by atoms with Gasteiger partial charge in [0.1, 0.15) is 0 Å².